The molecule has 1 fully saturated rings. The Morgan fingerprint density at radius 3 is 1.94 bits per heavy atom. The lowest BCUT2D eigenvalue weighted by Crippen LogP contribution is -2.56. The Morgan fingerprint density at radius 2 is 1.65 bits per heavy atom. The molecule has 1 saturated carbocycles. The van der Waals surface area contributed by atoms with Crippen LogP contribution in [0.2, 0.25) is 0 Å². The van der Waals surface area contributed by atoms with Crippen LogP contribution in [0.5, 0.6) is 0 Å². The summed E-state index contributed by atoms with van der Waals surface area (Å²) < 4.78 is 0. The maximum atomic E-state index is 12.0. The number of nitrogens with two attached hydrogens (primary N) is 1. The third-order valence-electron chi connectivity index (χ3n) is 2.83. The molecule has 1 rings (SSSR count). The standard InChI is InChI=1S/C10H16N2O5/c1-10(11,6-2-3-6)9(17)12(4-7(13)14)5-8(15)16/h6H,2-5,11H2,1H3,(H,13,14)(H,15,16). The Kier molecular flexibility index (Phi) is 3.72. The van der Waals surface area contributed by atoms with Crippen molar-refractivity contribution in [3.63, 3.8) is 0 Å². The Labute approximate surface area is 98.2 Å². The van der Waals surface area contributed by atoms with Crippen LogP contribution in [0.1, 0.15) is 19.8 Å². The first kappa shape index (κ1) is 13.4. The van der Waals surface area contributed by atoms with Gasteiger partial charge in [0.2, 0.25) is 5.91 Å². The van der Waals surface area contributed by atoms with E-state index >= 15 is 0 Å². The average Bonchev–Trinajstić information content (AvgIpc) is 2.96. The van der Waals surface area contributed by atoms with Crippen molar-refractivity contribution < 1.29 is 24.6 Å². The van der Waals surface area contributed by atoms with Crippen LogP contribution in [-0.4, -0.2) is 51.6 Å². The van der Waals surface area contributed by atoms with Gasteiger partial charge in [0.25, 0.3) is 0 Å². The lowest BCUT2D eigenvalue weighted by atomic mass is 9.95. The number of carboxylic acids is 2. The molecule has 0 heterocycles. The smallest absolute Gasteiger partial charge is 0.323 e. The quantitative estimate of drug-likeness (QED) is 0.557. The molecule has 0 bridgehead atoms. The SMILES string of the molecule is CC(N)(C(=O)N(CC(=O)O)CC(=O)O)C1CC1. The highest BCUT2D eigenvalue weighted by Gasteiger charge is 2.46. The summed E-state index contributed by atoms with van der Waals surface area (Å²) in [6.45, 7) is 0.221. The number of carboxylic acid groups (broad SMARTS) is 2. The zero-order valence-corrected chi connectivity index (χ0v) is 9.55. The first-order valence-corrected chi connectivity index (χ1v) is 5.27. The average molecular weight is 244 g/mol. The van der Waals surface area contributed by atoms with Crippen molar-refractivity contribution >= 4 is 17.8 Å². The van der Waals surface area contributed by atoms with E-state index in [1.54, 1.807) is 0 Å². The van der Waals surface area contributed by atoms with E-state index < -0.39 is 36.5 Å². The van der Waals surface area contributed by atoms with Crippen molar-refractivity contribution in [2.45, 2.75) is 25.3 Å². The van der Waals surface area contributed by atoms with Crippen LogP contribution in [0.15, 0.2) is 0 Å². The predicted molar refractivity (Wildman–Crippen MR) is 57.2 cm³/mol. The zero-order valence-electron chi connectivity index (χ0n) is 9.55. The number of amides is 1. The first-order chi connectivity index (χ1) is 7.75. The summed E-state index contributed by atoms with van der Waals surface area (Å²) in [6, 6.07) is 0. The molecule has 1 aliphatic rings. The van der Waals surface area contributed by atoms with Crippen molar-refractivity contribution in [2.75, 3.05) is 13.1 Å². The molecular formula is C10H16N2O5. The highest BCUT2D eigenvalue weighted by molar-refractivity contribution is 5.91. The van der Waals surface area contributed by atoms with Crippen LogP contribution in [-0.2, 0) is 14.4 Å². The van der Waals surface area contributed by atoms with Gasteiger partial charge >= 0.3 is 11.9 Å². The summed E-state index contributed by atoms with van der Waals surface area (Å²) in [7, 11) is 0. The minimum absolute atomic E-state index is 0.0140. The minimum atomic E-state index is -1.26. The van der Waals surface area contributed by atoms with Gasteiger partial charge < -0.3 is 20.8 Å². The Hall–Kier alpha value is -1.63. The molecule has 1 aliphatic carbocycles. The number of carbonyl (C=O) groups is 3. The molecule has 4 N–H and O–H groups in total. The molecule has 0 aliphatic heterocycles. The second-order valence-corrected chi connectivity index (χ2v) is 4.51. The van der Waals surface area contributed by atoms with E-state index in [2.05, 4.69) is 0 Å². The van der Waals surface area contributed by atoms with E-state index in [4.69, 9.17) is 15.9 Å². The van der Waals surface area contributed by atoms with Gasteiger partial charge in [0, 0.05) is 0 Å². The molecular weight excluding hydrogens is 228 g/mol. The van der Waals surface area contributed by atoms with E-state index in [1.807, 2.05) is 0 Å². The highest BCUT2D eigenvalue weighted by atomic mass is 16.4. The number of rotatable bonds is 6. The second-order valence-electron chi connectivity index (χ2n) is 4.51. The summed E-state index contributed by atoms with van der Waals surface area (Å²) in [5, 5.41) is 17.3. The van der Waals surface area contributed by atoms with Gasteiger partial charge in [0.1, 0.15) is 13.1 Å². The molecule has 0 saturated heterocycles. The maximum Gasteiger partial charge on any atom is 0.323 e. The van der Waals surface area contributed by atoms with Crippen molar-refractivity contribution in [3.05, 3.63) is 0 Å². The fraction of sp³-hybridized carbons (Fsp3) is 0.700. The molecule has 0 radical (unpaired) electrons. The highest BCUT2D eigenvalue weighted by Crippen LogP contribution is 2.38. The molecule has 7 heteroatoms. The third kappa shape index (κ3) is 3.42. The molecule has 0 spiro atoms. The van der Waals surface area contributed by atoms with Crippen LogP contribution >= 0.6 is 0 Å². The Morgan fingerprint density at radius 1 is 1.24 bits per heavy atom. The van der Waals surface area contributed by atoms with Crippen LogP contribution in [0.3, 0.4) is 0 Å². The lowest BCUT2D eigenvalue weighted by molar-refractivity contribution is -0.151. The number of aliphatic carboxylic acids is 2. The molecule has 1 atom stereocenters. The topological polar surface area (TPSA) is 121 Å². The van der Waals surface area contributed by atoms with Crippen molar-refractivity contribution in [1.29, 1.82) is 0 Å². The number of carbonyl (C=O) groups excluding carboxylic acids is 1. The second kappa shape index (κ2) is 4.70. The van der Waals surface area contributed by atoms with Gasteiger partial charge in [0.05, 0.1) is 5.54 Å². The Bertz CT molecular complexity index is 333. The van der Waals surface area contributed by atoms with E-state index in [9.17, 15) is 14.4 Å². The largest absolute Gasteiger partial charge is 0.480 e. The van der Waals surface area contributed by atoms with Crippen LogP contribution in [0, 0.1) is 5.92 Å². The van der Waals surface area contributed by atoms with Crippen LogP contribution in [0.4, 0.5) is 0 Å². The first-order valence-electron chi connectivity index (χ1n) is 5.27. The van der Waals surface area contributed by atoms with E-state index in [0.29, 0.717) is 0 Å². The third-order valence-corrected chi connectivity index (χ3v) is 2.83. The minimum Gasteiger partial charge on any atom is -0.480 e. The lowest BCUT2D eigenvalue weighted by Gasteiger charge is -2.29. The number of hydrogen-bond acceptors (Lipinski definition) is 4. The van der Waals surface area contributed by atoms with Gasteiger partial charge in [-0.2, -0.15) is 0 Å². The summed E-state index contributed by atoms with van der Waals surface area (Å²) in [4.78, 5) is 33.9. The molecule has 0 aromatic carbocycles. The monoisotopic (exact) mass is 244 g/mol. The summed E-state index contributed by atoms with van der Waals surface area (Å²) in [5.41, 5.74) is 4.67. The van der Waals surface area contributed by atoms with Gasteiger partial charge in [0.15, 0.2) is 0 Å². The normalized spacial score (nSPS) is 18.2. The molecule has 96 valence electrons. The molecule has 0 aromatic heterocycles. The van der Waals surface area contributed by atoms with Gasteiger partial charge in [-0.05, 0) is 25.7 Å². The maximum absolute atomic E-state index is 12.0. The number of hydrogen-bond donors (Lipinski definition) is 3. The van der Waals surface area contributed by atoms with Crippen LogP contribution in [0.25, 0.3) is 0 Å². The molecule has 17 heavy (non-hydrogen) atoms. The fourth-order valence-electron chi connectivity index (χ4n) is 1.72. The zero-order chi connectivity index (χ0) is 13.2. The summed E-state index contributed by atoms with van der Waals surface area (Å²) in [6.07, 6.45) is 1.62. The van der Waals surface area contributed by atoms with Gasteiger partial charge in [-0.1, -0.05) is 0 Å². The van der Waals surface area contributed by atoms with Crippen LogP contribution < -0.4 is 5.73 Å². The fourth-order valence-corrected chi connectivity index (χ4v) is 1.72. The molecule has 7 nitrogen and oxygen atoms in total. The predicted octanol–water partition coefficient (Wildman–Crippen LogP) is -0.888. The van der Waals surface area contributed by atoms with E-state index in [1.165, 1.54) is 6.92 Å². The van der Waals surface area contributed by atoms with Gasteiger partial charge in [-0.3, -0.25) is 14.4 Å². The van der Waals surface area contributed by atoms with E-state index in [0.717, 1.165) is 17.7 Å². The van der Waals surface area contributed by atoms with Crippen molar-refractivity contribution in [2.24, 2.45) is 11.7 Å². The Balaban J connectivity index is 2.77. The van der Waals surface area contributed by atoms with Crippen molar-refractivity contribution in [3.8, 4) is 0 Å². The van der Waals surface area contributed by atoms with Crippen molar-refractivity contribution in [1.82, 2.24) is 4.90 Å². The molecule has 0 aromatic rings. The molecule has 1 unspecified atom stereocenters. The van der Waals surface area contributed by atoms with E-state index in [-0.39, 0.29) is 5.92 Å². The summed E-state index contributed by atoms with van der Waals surface area (Å²) in [5.74, 6) is -3.12. The summed E-state index contributed by atoms with van der Waals surface area (Å²) >= 11 is 0. The van der Waals surface area contributed by atoms with Gasteiger partial charge in [-0.15, -0.1) is 0 Å². The number of nitrogens with zero attached hydrogens (tertiary/aromatic N) is 1. The molecule has 1 amide bonds. The van der Waals surface area contributed by atoms with Gasteiger partial charge in [-0.25, -0.2) is 0 Å².